The normalized spacial score (nSPS) is 8.45. The molecule has 52 valence electrons. The smallest absolute Gasteiger partial charge is 0.545 e. The first-order valence-corrected chi connectivity index (χ1v) is 3.61. The van der Waals surface area contributed by atoms with Gasteiger partial charge in [0.2, 0.25) is 0 Å². The predicted octanol–water partition coefficient (Wildman–Crippen LogP) is -2.95. The van der Waals surface area contributed by atoms with E-state index in [0.717, 1.165) is 0 Å². The second kappa shape index (κ2) is 5.08. The third-order valence-corrected chi connectivity index (χ3v) is 1.84. The predicted molar refractivity (Wildman–Crippen MR) is 41.3 cm³/mol. The molecule has 0 aliphatic heterocycles. The summed E-state index contributed by atoms with van der Waals surface area (Å²) in [7, 11) is 0. The van der Waals surface area contributed by atoms with Crippen molar-refractivity contribution in [1.29, 1.82) is 0 Å². The van der Waals surface area contributed by atoms with E-state index in [9.17, 15) is 9.90 Å². The third-order valence-electron chi connectivity index (χ3n) is 0.979. The number of carbonyl (C=O) groups excluding carboxylic acids is 1. The summed E-state index contributed by atoms with van der Waals surface area (Å²) < 4.78 is 0.458. The Morgan fingerprint density at radius 3 is 2.64 bits per heavy atom. The third kappa shape index (κ3) is 3.06. The number of carboxylic acid groups (broad SMARTS) is 1. The molecule has 0 aromatic carbocycles. The molecule has 0 aliphatic rings. The van der Waals surface area contributed by atoms with Crippen molar-refractivity contribution in [2.45, 2.75) is 0 Å². The quantitative estimate of drug-likeness (QED) is 0.312. The van der Waals surface area contributed by atoms with E-state index < -0.39 is 5.97 Å². The summed E-state index contributed by atoms with van der Waals surface area (Å²) in [6.45, 7) is 0. The summed E-state index contributed by atoms with van der Waals surface area (Å²) >= 11 is 1.84. The van der Waals surface area contributed by atoms with E-state index in [2.05, 4.69) is 4.98 Å². The van der Waals surface area contributed by atoms with Crippen LogP contribution in [0.15, 0.2) is 18.3 Å². The number of hydrogen-bond donors (Lipinski definition) is 0. The largest absolute Gasteiger partial charge is 1.00 e. The van der Waals surface area contributed by atoms with E-state index in [-0.39, 0.29) is 35.1 Å². The van der Waals surface area contributed by atoms with Crippen molar-refractivity contribution in [3.63, 3.8) is 0 Å². The molecule has 0 aliphatic carbocycles. The van der Waals surface area contributed by atoms with Gasteiger partial charge in [0.1, 0.15) is 3.70 Å². The van der Waals surface area contributed by atoms with Crippen molar-refractivity contribution in [3.05, 3.63) is 27.6 Å². The molecular weight excluding hydrogens is 268 g/mol. The van der Waals surface area contributed by atoms with Gasteiger partial charge in [-0.2, -0.15) is 0 Å². The Hall–Kier alpha value is 0.350. The topological polar surface area (TPSA) is 53.0 Å². The summed E-state index contributed by atoms with van der Waals surface area (Å²) in [5.41, 5.74) is 0.142. The van der Waals surface area contributed by atoms with Crippen molar-refractivity contribution >= 4 is 28.6 Å². The molecule has 0 atom stereocenters. The van der Waals surface area contributed by atoms with E-state index in [1.807, 2.05) is 22.6 Å². The maximum Gasteiger partial charge on any atom is 1.00 e. The molecule has 0 spiro atoms. The number of rotatable bonds is 1. The number of halogens is 1. The molecule has 11 heavy (non-hydrogen) atoms. The SMILES string of the molecule is O=C([O-])c1cccnc1I.[Na+]. The van der Waals surface area contributed by atoms with Crippen molar-refractivity contribution < 1.29 is 39.5 Å². The minimum atomic E-state index is -1.18. The van der Waals surface area contributed by atoms with Gasteiger partial charge < -0.3 is 9.90 Å². The standard InChI is InChI=1S/C6H4INO2.Na/c7-5-4(6(9)10)2-1-3-8-5;/h1-3H,(H,9,10);/q;+1/p-1. The first-order valence-electron chi connectivity index (χ1n) is 2.53. The van der Waals surface area contributed by atoms with E-state index in [0.29, 0.717) is 3.70 Å². The molecule has 0 saturated carbocycles. The first-order chi connectivity index (χ1) is 4.72. The van der Waals surface area contributed by atoms with Crippen LogP contribution in [-0.2, 0) is 0 Å². The van der Waals surface area contributed by atoms with Crippen LogP contribution in [0.3, 0.4) is 0 Å². The Morgan fingerprint density at radius 2 is 2.27 bits per heavy atom. The first kappa shape index (κ1) is 11.4. The molecule has 5 heteroatoms. The van der Waals surface area contributed by atoms with Crippen LogP contribution < -0.4 is 34.7 Å². The van der Waals surface area contributed by atoms with Crippen LogP contribution in [-0.4, -0.2) is 11.0 Å². The fourth-order valence-electron chi connectivity index (χ4n) is 0.538. The van der Waals surface area contributed by atoms with Crippen LogP contribution in [0.25, 0.3) is 0 Å². The number of aromatic nitrogens is 1. The van der Waals surface area contributed by atoms with Gasteiger partial charge >= 0.3 is 29.6 Å². The molecule has 0 saturated heterocycles. The average Bonchev–Trinajstić information content (AvgIpc) is 1.88. The number of aromatic carboxylic acids is 1. The van der Waals surface area contributed by atoms with Gasteiger partial charge in [-0.3, -0.25) is 0 Å². The van der Waals surface area contributed by atoms with Gasteiger partial charge in [-0.25, -0.2) is 4.98 Å². The van der Waals surface area contributed by atoms with Crippen LogP contribution in [0.1, 0.15) is 10.4 Å². The van der Waals surface area contributed by atoms with Crippen LogP contribution in [0.5, 0.6) is 0 Å². The summed E-state index contributed by atoms with van der Waals surface area (Å²) in [5, 5.41) is 10.3. The van der Waals surface area contributed by atoms with E-state index in [1.165, 1.54) is 12.3 Å². The van der Waals surface area contributed by atoms with Crippen molar-refractivity contribution in [1.82, 2.24) is 4.98 Å². The van der Waals surface area contributed by atoms with Crippen LogP contribution in [0.4, 0.5) is 0 Å². The molecule has 1 rings (SSSR count). The van der Waals surface area contributed by atoms with Crippen molar-refractivity contribution in [2.75, 3.05) is 0 Å². The number of nitrogens with zero attached hydrogens (tertiary/aromatic N) is 1. The molecule has 1 aromatic heterocycles. The molecule has 1 aromatic rings. The number of carboxylic acids is 1. The summed E-state index contributed by atoms with van der Waals surface area (Å²) in [6.07, 6.45) is 1.54. The average molecular weight is 271 g/mol. The second-order valence-electron chi connectivity index (χ2n) is 1.63. The molecule has 0 N–H and O–H groups in total. The van der Waals surface area contributed by atoms with Crippen molar-refractivity contribution in [2.24, 2.45) is 0 Å². The number of carbonyl (C=O) groups is 1. The van der Waals surface area contributed by atoms with Gasteiger partial charge in [-0.05, 0) is 34.7 Å². The Morgan fingerprint density at radius 1 is 1.64 bits per heavy atom. The van der Waals surface area contributed by atoms with E-state index in [4.69, 9.17) is 0 Å². The fourth-order valence-corrected chi connectivity index (χ4v) is 1.10. The van der Waals surface area contributed by atoms with Gasteiger partial charge in [0.15, 0.2) is 0 Å². The van der Waals surface area contributed by atoms with Gasteiger partial charge in [-0.1, -0.05) is 0 Å². The molecular formula is C6H3INNaO2. The minimum Gasteiger partial charge on any atom is -0.545 e. The molecule has 3 nitrogen and oxygen atoms in total. The molecule has 1 heterocycles. The monoisotopic (exact) mass is 271 g/mol. The number of pyridine rings is 1. The van der Waals surface area contributed by atoms with E-state index in [1.54, 1.807) is 6.07 Å². The zero-order valence-corrected chi connectivity index (χ0v) is 10.0. The van der Waals surface area contributed by atoms with Gasteiger partial charge in [0, 0.05) is 11.8 Å². The minimum absolute atomic E-state index is 0. The summed E-state index contributed by atoms with van der Waals surface area (Å²) in [6, 6.07) is 3.03. The summed E-state index contributed by atoms with van der Waals surface area (Å²) in [5.74, 6) is -1.18. The maximum atomic E-state index is 10.3. The Kier molecular flexibility index (Phi) is 5.24. The molecule has 0 unspecified atom stereocenters. The van der Waals surface area contributed by atoms with Crippen LogP contribution in [0, 0.1) is 3.70 Å². The van der Waals surface area contributed by atoms with Gasteiger partial charge in [0.05, 0.1) is 5.97 Å². The summed E-state index contributed by atoms with van der Waals surface area (Å²) in [4.78, 5) is 14.0. The Balaban J connectivity index is 0.000001000. The number of hydrogen-bond acceptors (Lipinski definition) is 3. The van der Waals surface area contributed by atoms with Gasteiger partial charge in [0.25, 0.3) is 0 Å². The Labute approximate surface area is 99.6 Å². The van der Waals surface area contributed by atoms with Gasteiger partial charge in [-0.15, -0.1) is 0 Å². The molecule has 0 fully saturated rings. The second-order valence-corrected chi connectivity index (χ2v) is 2.65. The van der Waals surface area contributed by atoms with Crippen LogP contribution in [0.2, 0.25) is 0 Å². The van der Waals surface area contributed by atoms with E-state index >= 15 is 0 Å². The zero-order valence-electron chi connectivity index (χ0n) is 5.87. The Bertz CT molecular complexity index is 267. The van der Waals surface area contributed by atoms with Crippen LogP contribution >= 0.6 is 22.6 Å². The maximum absolute atomic E-state index is 10.3. The zero-order chi connectivity index (χ0) is 7.56. The van der Waals surface area contributed by atoms with Crippen molar-refractivity contribution in [3.8, 4) is 0 Å². The fraction of sp³-hybridized carbons (Fsp3) is 0. The molecule has 0 bridgehead atoms. The molecule has 0 amide bonds. The molecule has 0 radical (unpaired) electrons.